The molecule has 1 fully saturated rings. The molecule has 2 heterocycles. The monoisotopic (exact) mass is 469 g/mol. The van der Waals surface area contributed by atoms with Crippen LogP contribution >= 0.6 is 11.3 Å². The van der Waals surface area contributed by atoms with Crippen LogP contribution in [0.5, 0.6) is 0 Å². The van der Waals surface area contributed by atoms with Crippen molar-refractivity contribution >= 4 is 38.2 Å². The van der Waals surface area contributed by atoms with E-state index >= 15 is 0 Å². The van der Waals surface area contributed by atoms with Gasteiger partial charge >= 0.3 is 0 Å². The van der Waals surface area contributed by atoms with E-state index in [-0.39, 0.29) is 21.4 Å². The predicted molar refractivity (Wildman–Crippen MR) is 125 cm³/mol. The Morgan fingerprint density at radius 2 is 1.72 bits per heavy atom. The molecule has 1 aromatic heterocycles. The van der Waals surface area contributed by atoms with Crippen molar-refractivity contribution in [1.29, 1.82) is 0 Å². The number of hydrogen-bond acceptors (Lipinski definition) is 6. The topological polar surface area (TPSA) is 96.4 Å². The number of piperidine rings is 1. The van der Waals surface area contributed by atoms with Crippen molar-refractivity contribution in [3.05, 3.63) is 65.0 Å². The summed E-state index contributed by atoms with van der Waals surface area (Å²) in [5, 5.41) is 2.99. The normalized spacial score (nSPS) is 14.8. The molecule has 32 heavy (non-hydrogen) atoms. The van der Waals surface area contributed by atoms with Crippen molar-refractivity contribution in [2.75, 3.05) is 18.4 Å². The van der Waals surface area contributed by atoms with Crippen LogP contribution in [0.1, 0.15) is 46.2 Å². The predicted octanol–water partition coefficient (Wildman–Crippen LogP) is 4.44. The maximum atomic E-state index is 12.9. The van der Waals surface area contributed by atoms with Gasteiger partial charge in [-0.1, -0.05) is 54.2 Å². The number of ketones is 1. The first-order chi connectivity index (χ1) is 15.4. The lowest BCUT2D eigenvalue weighted by Crippen LogP contribution is -2.35. The summed E-state index contributed by atoms with van der Waals surface area (Å²) >= 11 is 1.10. The van der Waals surface area contributed by atoms with Crippen molar-refractivity contribution in [2.45, 2.75) is 31.1 Å². The Hall–Kier alpha value is -2.88. The molecule has 0 bridgehead atoms. The fourth-order valence-corrected chi connectivity index (χ4v) is 6.07. The van der Waals surface area contributed by atoms with Gasteiger partial charge in [-0.05, 0) is 31.0 Å². The lowest BCUT2D eigenvalue weighted by Gasteiger charge is -2.26. The van der Waals surface area contributed by atoms with Crippen LogP contribution < -0.4 is 5.32 Å². The highest BCUT2D eigenvalue weighted by Crippen LogP contribution is 2.32. The van der Waals surface area contributed by atoms with E-state index in [0.717, 1.165) is 36.2 Å². The van der Waals surface area contributed by atoms with Crippen molar-refractivity contribution in [3.63, 3.8) is 0 Å². The standard InChI is InChI=1S/C23H23N3O4S2/c1-16(27)21-20(17-9-4-2-5-10-17)24-23(31-21)25-22(28)18-11-8-12-19(15-18)32(29,30)26-13-6-3-7-14-26/h2,4-5,8-12,15H,3,6-7,13-14H2,1H3,(H,24,25,28). The summed E-state index contributed by atoms with van der Waals surface area (Å²) < 4.78 is 27.4. The molecule has 3 aromatic rings. The van der Waals surface area contributed by atoms with E-state index in [2.05, 4.69) is 10.3 Å². The molecule has 0 radical (unpaired) electrons. The second-order valence-corrected chi connectivity index (χ2v) is 10.5. The molecule has 0 saturated carbocycles. The van der Waals surface area contributed by atoms with Crippen LogP contribution in [-0.2, 0) is 10.0 Å². The number of anilines is 1. The fraction of sp³-hybridized carbons (Fsp3) is 0.261. The van der Waals surface area contributed by atoms with Gasteiger partial charge in [0, 0.05) is 31.1 Å². The second-order valence-electron chi connectivity index (χ2n) is 7.57. The summed E-state index contributed by atoms with van der Waals surface area (Å²) in [5.41, 5.74) is 1.51. The number of amides is 1. The van der Waals surface area contributed by atoms with Crippen molar-refractivity contribution < 1.29 is 18.0 Å². The minimum atomic E-state index is -3.65. The number of rotatable bonds is 6. The number of Topliss-reactive ketones (excluding diaryl/α,β-unsaturated/α-hetero) is 1. The van der Waals surface area contributed by atoms with Crippen LogP contribution in [0.4, 0.5) is 5.13 Å². The van der Waals surface area contributed by atoms with E-state index in [9.17, 15) is 18.0 Å². The van der Waals surface area contributed by atoms with E-state index in [1.54, 1.807) is 12.1 Å². The number of sulfonamides is 1. The van der Waals surface area contributed by atoms with Gasteiger partial charge in [0.05, 0.1) is 15.5 Å². The van der Waals surface area contributed by atoms with Gasteiger partial charge < -0.3 is 0 Å². The molecule has 2 aromatic carbocycles. The van der Waals surface area contributed by atoms with Gasteiger partial charge in [0.2, 0.25) is 10.0 Å². The lowest BCUT2D eigenvalue weighted by molar-refractivity contribution is 0.101. The van der Waals surface area contributed by atoms with Gasteiger partial charge in [-0.25, -0.2) is 13.4 Å². The maximum absolute atomic E-state index is 12.9. The molecular formula is C23H23N3O4S2. The zero-order chi connectivity index (χ0) is 22.7. The first-order valence-electron chi connectivity index (χ1n) is 10.3. The Bertz CT molecular complexity index is 1250. The quantitative estimate of drug-likeness (QED) is 0.539. The maximum Gasteiger partial charge on any atom is 0.257 e. The first-order valence-corrected chi connectivity index (χ1v) is 12.6. The van der Waals surface area contributed by atoms with Gasteiger partial charge in [-0.2, -0.15) is 4.31 Å². The molecule has 0 aliphatic carbocycles. The zero-order valence-corrected chi connectivity index (χ0v) is 19.2. The van der Waals surface area contributed by atoms with Gasteiger partial charge in [0.1, 0.15) is 0 Å². The molecule has 7 nitrogen and oxygen atoms in total. The molecule has 1 aliphatic rings. The number of aromatic nitrogens is 1. The third-order valence-corrected chi connectivity index (χ3v) is 8.23. The summed E-state index contributed by atoms with van der Waals surface area (Å²) in [5.74, 6) is -0.624. The van der Waals surface area contributed by atoms with Crippen LogP contribution in [0.25, 0.3) is 11.3 Å². The minimum Gasteiger partial charge on any atom is -0.298 e. The lowest BCUT2D eigenvalue weighted by atomic mass is 10.1. The smallest absolute Gasteiger partial charge is 0.257 e. The van der Waals surface area contributed by atoms with Crippen LogP contribution in [0.15, 0.2) is 59.5 Å². The van der Waals surface area contributed by atoms with E-state index in [1.807, 2.05) is 30.3 Å². The molecule has 1 saturated heterocycles. The van der Waals surface area contributed by atoms with Crippen LogP contribution in [-0.4, -0.2) is 42.5 Å². The summed E-state index contributed by atoms with van der Waals surface area (Å²) in [6.45, 7) is 2.45. The number of thiazole rings is 1. The molecule has 0 spiro atoms. The van der Waals surface area contributed by atoms with Crippen molar-refractivity contribution in [2.24, 2.45) is 0 Å². The van der Waals surface area contributed by atoms with E-state index in [4.69, 9.17) is 0 Å². The number of nitrogens with one attached hydrogen (secondary N) is 1. The molecule has 1 N–H and O–H groups in total. The number of benzene rings is 2. The largest absolute Gasteiger partial charge is 0.298 e. The molecule has 0 unspecified atom stereocenters. The Morgan fingerprint density at radius 1 is 1.00 bits per heavy atom. The summed E-state index contributed by atoms with van der Waals surface area (Å²) in [4.78, 5) is 30.0. The van der Waals surface area contributed by atoms with E-state index in [0.29, 0.717) is 23.7 Å². The highest BCUT2D eigenvalue weighted by molar-refractivity contribution is 7.89. The summed E-state index contributed by atoms with van der Waals surface area (Å²) in [6.07, 6.45) is 2.70. The highest BCUT2D eigenvalue weighted by atomic mass is 32.2. The van der Waals surface area contributed by atoms with Crippen molar-refractivity contribution in [3.8, 4) is 11.3 Å². The first kappa shape index (κ1) is 22.3. The van der Waals surface area contributed by atoms with Gasteiger partial charge in [-0.15, -0.1) is 0 Å². The molecule has 166 valence electrons. The van der Waals surface area contributed by atoms with E-state index in [1.165, 1.54) is 23.4 Å². The third-order valence-electron chi connectivity index (χ3n) is 5.26. The molecule has 9 heteroatoms. The number of hydrogen-bond donors (Lipinski definition) is 1. The van der Waals surface area contributed by atoms with Gasteiger partial charge in [0.15, 0.2) is 10.9 Å². The summed E-state index contributed by atoms with van der Waals surface area (Å²) in [6, 6.07) is 15.3. The average Bonchev–Trinajstić information content (AvgIpc) is 3.24. The fourth-order valence-electron chi connectivity index (χ4n) is 3.63. The van der Waals surface area contributed by atoms with Crippen LogP contribution in [0.2, 0.25) is 0 Å². The average molecular weight is 470 g/mol. The molecule has 0 atom stereocenters. The minimum absolute atomic E-state index is 0.0978. The van der Waals surface area contributed by atoms with Crippen LogP contribution in [0, 0.1) is 0 Å². The molecule has 1 amide bonds. The number of carbonyl (C=O) groups excluding carboxylic acids is 2. The second kappa shape index (κ2) is 9.32. The third kappa shape index (κ3) is 4.64. The van der Waals surface area contributed by atoms with Crippen LogP contribution in [0.3, 0.4) is 0 Å². The Balaban J connectivity index is 1.59. The molecular weight excluding hydrogens is 446 g/mol. The summed E-state index contributed by atoms with van der Waals surface area (Å²) in [7, 11) is -3.65. The SMILES string of the molecule is CC(=O)c1sc(NC(=O)c2cccc(S(=O)(=O)N3CCCCC3)c2)nc1-c1ccccc1. The Morgan fingerprint density at radius 3 is 2.41 bits per heavy atom. The van der Waals surface area contributed by atoms with Gasteiger partial charge in [0.25, 0.3) is 5.91 Å². The number of carbonyl (C=O) groups is 2. The van der Waals surface area contributed by atoms with Gasteiger partial charge in [-0.3, -0.25) is 14.9 Å². The molecule has 1 aliphatic heterocycles. The number of nitrogens with zero attached hydrogens (tertiary/aromatic N) is 2. The molecule has 4 rings (SSSR count). The van der Waals surface area contributed by atoms with Crippen molar-refractivity contribution in [1.82, 2.24) is 9.29 Å². The Labute approximate surface area is 191 Å². The van der Waals surface area contributed by atoms with E-state index < -0.39 is 15.9 Å². The Kier molecular flexibility index (Phi) is 6.50. The highest BCUT2D eigenvalue weighted by Gasteiger charge is 2.26. The zero-order valence-electron chi connectivity index (χ0n) is 17.6.